The maximum Gasteiger partial charge on any atom is 0.240 e. The number of hydrogen-bond donors (Lipinski definition) is 1. The van der Waals surface area contributed by atoms with E-state index in [1.165, 1.54) is 0 Å². The van der Waals surface area contributed by atoms with Crippen LogP contribution in [0.1, 0.15) is 13.8 Å². The van der Waals surface area contributed by atoms with E-state index in [0.717, 1.165) is 54.8 Å². The van der Waals surface area contributed by atoms with Gasteiger partial charge in [-0.25, -0.2) is 9.97 Å². The molecule has 1 saturated heterocycles. The zero-order valence-electron chi connectivity index (χ0n) is 17.9. The number of carbonyl (C=O) groups excluding carboxylic acids is 1. The number of rotatable bonds is 6. The Kier molecular flexibility index (Phi) is 6.06. The van der Waals surface area contributed by atoms with Crippen LogP contribution in [0.25, 0.3) is 22.0 Å². The lowest BCUT2D eigenvalue weighted by molar-refractivity contribution is -0.117. The Morgan fingerprint density at radius 1 is 1.10 bits per heavy atom. The van der Waals surface area contributed by atoms with E-state index >= 15 is 0 Å². The topological polar surface area (TPSA) is 79.2 Å². The number of nitrogens with one attached hydrogen (secondary N) is 1. The summed E-state index contributed by atoms with van der Waals surface area (Å²) in [6, 6.07) is 6.01. The highest BCUT2D eigenvalue weighted by Crippen LogP contribution is 2.23. The lowest BCUT2D eigenvalue weighted by atomic mass is 10.1. The molecule has 4 rings (SSSR count). The molecule has 8 nitrogen and oxygen atoms in total. The van der Waals surface area contributed by atoms with Crippen molar-refractivity contribution in [3.8, 4) is 11.1 Å². The van der Waals surface area contributed by atoms with Crippen LogP contribution in [-0.2, 0) is 11.8 Å². The van der Waals surface area contributed by atoms with Crippen molar-refractivity contribution < 1.29 is 4.79 Å². The summed E-state index contributed by atoms with van der Waals surface area (Å²) in [5, 5.41) is 8.01. The second-order valence-corrected chi connectivity index (χ2v) is 8.39. The fraction of sp³-hybridized carbons (Fsp3) is 0.455. The molecule has 30 heavy (non-hydrogen) atoms. The molecule has 0 aliphatic carbocycles. The van der Waals surface area contributed by atoms with Crippen molar-refractivity contribution in [1.82, 2.24) is 29.5 Å². The van der Waals surface area contributed by atoms with Gasteiger partial charge in [0.25, 0.3) is 0 Å². The molecule has 2 aromatic heterocycles. The van der Waals surface area contributed by atoms with Gasteiger partial charge in [-0.3, -0.25) is 19.7 Å². The third kappa shape index (κ3) is 5.01. The SMILES string of the molecule is CC(C)CN1CCN(CC(=O)Nc2ncc3ccc(-c4cnn(C)c4)cc3n2)CC1. The molecule has 3 heterocycles. The first-order valence-electron chi connectivity index (χ1n) is 10.5. The Morgan fingerprint density at radius 2 is 1.87 bits per heavy atom. The fourth-order valence-corrected chi connectivity index (χ4v) is 3.85. The standard InChI is InChI=1S/C22H29N7O/c1-16(2)13-28-6-8-29(9-7-28)15-21(30)26-22-23-11-18-5-4-17(10-20(18)25-22)19-12-24-27(3)14-19/h4-5,10-12,14,16H,6-9,13,15H2,1-3H3,(H,23,25,26,30). The molecule has 158 valence electrons. The summed E-state index contributed by atoms with van der Waals surface area (Å²) >= 11 is 0. The highest BCUT2D eigenvalue weighted by atomic mass is 16.2. The van der Waals surface area contributed by atoms with Crippen molar-refractivity contribution in [3.05, 3.63) is 36.8 Å². The summed E-state index contributed by atoms with van der Waals surface area (Å²) in [5.41, 5.74) is 2.86. The van der Waals surface area contributed by atoms with Crippen LogP contribution in [0, 0.1) is 5.92 Å². The summed E-state index contributed by atoms with van der Waals surface area (Å²) < 4.78 is 1.77. The molecule has 8 heteroatoms. The van der Waals surface area contributed by atoms with E-state index < -0.39 is 0 Å². The molecule has 1 fully saturated rings. The number of hydrogen-bond acceptors (Lipinski definition) is 6. The van der Waals surface area contributed by atoms with Gasteiger partial charge in [0.1, 0.15) is 0 Å². The maximum atomic E-state index is 12.5. The van der Waals surface area contributed by atoms with Crippen LogP contribution in [0.2, 0.25) is 0 Å². The van der Waals surface area contributed by atoms with Crippen LogP contribution in [0.4, 0.5) is 5.95 Å². The molecular formula is C22H29N7O. The predicted octanol–water partition coefficient (Wildman–Crippen LogP) is 2.24. The molecule has 3 aromatic rings. The van der Waals surface area contributed by atoms with Crippen LogP contribution in [-0.4, -0.2) is 74.7 Å². The van der Waals surface area contributed by atoms with E-state index in [0.29, 0.717) is 18.4 Å². The van der Waals surface area contributed by atoms with E-state index in [4.69, 9.17) is 0 Å². The zero-order chi connectivity index (χ0) is 21.1. The minimum absolute atomic E-state index is 0.0740. The van der Waals surface area contributed by atoms with E-state index in [1.54, 1.807) is 10.9 Å². The smallest absolute Gasteiger partial charge is 0.240 e. The predicted molar refractivity (Wildman–Crippen MR) is 118 cm³/mol. The van der Waals surface area contributed by atoms with Crippen molar-refractivity contribution in [2.45, 2.75) is 13.8 Å². The number of anilines is 1. The third-order valence-corrected chi connectivity index (χ3v) is 5.33. The van der Waals surface area contributed by atoms with Crippen LogP contribution in [0.3, 0.4) is 0 Å². The number of piperazine rings is 1. The Labute approximate surface area is 176 Å². The minimum atomic E-state index is -0.0740. The van der Waals surface area contributed by atoms with Gasteiger partial charge in [-0.15, -0.1) is 0 Å². The van der Waals surface area contributed by atoms with Gasteiger partial charge in [-0.1, -0.05) is 26.0 Å². The Hall–Kier alpha value is -2.84. The summed E-state index contributed by atoms with van der Waals surface area (Å²) in [6.07, 6.45) is 5.54. The third-order valence-electron chi connectivity index (χ3n) is 5.33. The number of carbonyl (C=O) groups is 1. The molecule has 0 spiro atoms. The van der Waals surface area contributed by atoms with Gasteiger partial charge < -0.3 is 4.90 Å². The van der Waals surface area contributed by atoms with Gasteiger partial charge in [-0.2, -0.15) is 5.10 Å². The van der Waals surface area contributed by atoms with Gasteiger partial charge in [0, 0.05) is 63.1 Å². The highest BCUT2D eigenvalue weighted by Gasteiger charge is 2.19. The quantitative estimate of drug-likeness (QED) is 0.675. The van der Waals surface area contributed by atoms with Crippen molar-refractivity contribution >= 4 is 22.8 Å². The van der Waals surface area contributed by atoms with Gasteiger partial charge in [0.05, 0.1) is 18.3 Å². The molecular weight excluding hydrogens is 378 g/mol. The van der Waals surface area contributed by atoms with Gasteiger partial charge in [-0.05, 0) is 17.5 Å². The molecule has 1 aliphatic heterocycles. The van der Waals surface area contributed by atoms with Gasteiger partial charge in [0.15, 0.2) is 0 Å². The second-order valence-electron chi connectivity index (χ2n) is 8.39. The number of benzene rings is 1. The van der Waals surface area contributed by atoms with E-state index in [9.17, 15) is 4.79 Å². The average Bonchev–Trinajstić information content (AvgIpc) is 3.15. The van der Waals surface area contributed by atoms with Crippen molar-refractivity contribution in [3.63, 3.8) is 0 Å². The summed E-state index contributed by atoms with van der Waals surface area (Å²) in [5.74, 6) is 0.938. The molecule has 1 aliphatic rings. The van der Waals surface area contributed by atoms with Crippen LogP contribution >= 0.6 is 0 Å². The van der Waals surface area contributed by atoms with E-state index in [1.807, 2.05) is 37.6 Å². The summed E-state index contributed by atoms with van der Waals surface area (Å²) in [4.78, 5) is 26.0. The highest BCUT2D eigenvalue weighted by molar-refractivity contribution is 5.92. The molecule has 1 amide bonds. The van der Waals surface area contributed by atoms with Gasteiger partial charge >= 0.3 is 0 Å². The largest absolute Gasteiger partial charge is 0.301 e. The van der Waals surface area contributed by atoms with Crippen molar-refractivity contribution in [2.24, 2.45) is 13.0 Å². The number of fused-ring (bicyclic) bond motifs is 1. The number of amides is 1. The lowest BCUT2D eigenvalue weighted by Crippen LogP contribution is -2.49. The first kappa shape index (κ1) is 20.4. The van der Waals surface area contributed by atoms with Crippen molar-refractivity contribution in [1.29, 1.82) is 0 Å². The van der Waals surface area contributed by atoms with Gasteiger partial charge in [0.2, 0.25) is 11.9 Å². The first-order chi connectivity index (χ1) is 14.5. The molecule has 1 aromatic carbocycles. The zero-order valence-corrected chi connectivity index (χ0v) is 17.9. The number of nitrogens with zero attached hydrogens (tertiary/aromatic N) is 6. The number of aryl methyl sites for hydroxylation is 1. The Bertz CT molecular complexity index is 1020. The lowest BCUT2D eigenvalue weighted by Gasteiger charge is -2.35. The molecule has 0 bridgehead atoms. The van der Waals surface area contributed by atoms with E-state index in [-0.39, 0.29) is 5.91 Å². The molecule has 1 N–H and O–H groups in total. The molecule has 0 atom stereocenters. The second kappa shape index (κ2) is 8.89. The first-order valence-corrected chi connectivity index (χ1v) is 10.5. The van der Waals surface area contributed by atoms with Crippen molar-refractivity contribution in [2.75, 3.05) is 44.6 Å². The minimum Gasteiger partial charge on any atom is -0.301 e. The molecule has 0 radical (unpaired) electrons. The Balaban J connectivity index is 1.38. The van der Waals surface area contributed by atoms with E-state index in [2.05, 4.69) is 44.0 Å². The monoisotopic (exact) mass is 407 g/mol. The number of aromatic nitrogens is 4. The maximum absolute atomic E-state index is 12.5. The summed E-state index contributed by atoms with van der Waals surface area (Å²) in [6.45, 7) is 9.80. The Morgan fingerprint density at radius 3 is 2.57 bits per heavy atom. The molecule has 0 unspecified atom stereocenters. The van der Waals surface area contributed by atoms with Crippen LogP contribution < -0.4 is 5.32 Å². The van der Waals surface area contributed by atoms with Crippen LogP contribution in [0.5, 0.6) is 0 Å². The normalized spacial score (nSPS) is 15.7. The van der Waals surface area contributed by atoms with Crippen LogP contribution in [0.15, 0.2) is 36.8 Å². The average molecular weight is 408 g/mol. The fourth-order valence-electron chi connectivity index (χ4n) is 3.85. The summed E-state index contributed by atoms with van der Waals surface area (Å²) in [7, 11) is 1.89. The molecule has 0 saturated carbocycles.